The third-order valence-electron chi connectivity index (χ3n) is 2.78. The lowest BCUT2D eigenvalue weighted by atomic mass is 10.1. The molecular weight excluding hydrogens is 280 g/mol. The summed E-state index contributed by atoms with van der Waals surface area (Å²) in [5.74, 6) is 0.929. The van der Waals surface area contributed by atoms with Crippen LogP contribution in [0.15, 0.2) is 41.0 Å². The van der Waals surface area contributed by atoms with E-state index in [1.165, 1.54) is 0 Å². The van der Waals surface area contributed by atoms with Crippen LogP contribution in [0, 0.1) is 0 Å². The number of nitrogens with zero attached hydrogens (tertiary/aromatic N) is 1. The van der Waals surface area contributed by atoms with Gasteiger partial charge in [-0.2, -0.15) is 0 Å². The van der Waals surface area contributed by atoms with Crippen molar-refractivity contribution in [3.8, 4) is 0 Å². The smallest absolute Gasteiger partial charge is 0.117 e. The van der Waals surface area contributed by atoms with Gasteiger partial charge in [0.15, 0.2) is 0 Å². The first-order valence-corrected chi connectivity index (χ1v) is 6.64. The molecule has 2 N–H and O–H groups in total. The van der Waals surface area contributed by atoms with Crippen LogP contribution in [0.4, 0.5) is 0 Å². The van der Waals surface area contributed by atoms with Gasteiger partial charge >= 0.3 is 0 Å². The average molecular weight is 295 g/mol. The standard InChI is InChI=1S/C14H15ClN2OS/c1-17(9-12-3-2-6-18-12)8-11-5-4-10(14(16)19)7-13(11)15/h2-7H,8-9H2,1H3,(H2,16,19). The fourth-order valence-electron chi connectivity index (χ4n) is 1.84. The van der Waals surface area contributed by atoms with E-state index in [9.17, 15) is 0 Å². The van der Waals surface area contributed by atoms with E-state index in [1.807, 2.05) is 31.3 Å². The topological polar surface area (TPSA) is 42.4 Å². The van der Waals surface area contributed by atoms with Crippen LogP contribution in [0.2, 0.25) is 5.02 Å². The number of furan rings is 1. The highest BCUT2D eigenvalue weighted by Gasteiger charge is 2.08. The molecule has 19 heavy (non-hydrogen) atoms. The van der Waals surface area contributed by atoms with Gasteiger partial charge in [0, 0.05) is 17.1 Å². The van der Waals surface area contributed by atoms with Crippen molar-refractivity contribution in [3.05, 3.63) is 58.5 Å². The molecule has 0 amide bonds. The maximum absolute atomic E-state index is 6.23. The molecule has 0 saturated carbocycles. The van der Waals surface area contributed by atoms with Crippen LogP contribution in [0.5, 0.6) is 0 Å². The zero-order chi connectivity index (χ0) is 13.8. The van der Waals surface area contributed by atoms with E-state index in [2.05, 4.69) is 4.90 Å². The Hall–Kier alpha value is -1.36. The quantitative estimate of drug-likeness (QED) is 0.860. The number of nitrogens with two attached hydrogens (primary N) is 1. The third kappa shape index (κ3) is 3.80. The molecule has 1 aromatic heterocycles. The van der Waals surface area contributed by atoms with Gasteiger partial charge in [-0.25, -0.2) is 0 Å². The predicted octanol–water partition coefficient (Wildman–Crippen LogP) is 3.20. The lowest BCUT2D eigenvalue weighted by Crippen LogP contribution is -2.17. The van der Waals surface area contributed by atoms with E-state index in [0.29, 0.717) is 10.0 Å². The number of rotatable bonds is 5. The molecule has 100 valence electrons. The summed E-state index contributed by atoms with van der Waals surface area (Å²) >= 11 is 11.2. The summed E-state index contributed by atoms with van der Waals surface area (Å²) in [6, 6.07) is 9.49. The van der Waals surface area contributed by atoms with Gasteiger partial charge in [-0.05, 0) is 30.8 Å². The second-order valence-corrected chi connectivity index (χ2v) is 5.27. The molecule has 5 heteroatoms. The van der Waals surface area contributed by atoms with Crippen LogP contribution in [0.25, 0.3) is 0 Å². The number of hydrogen-bond donors (Lipinski definition) is 1. The molecule has 1 heterocycles. The van der Waals surface area contributed by atoms with Crippen molar-refractivity contribution in [2.45, 2.75) is 13.1 Å². The van der Waals surface area contributed by atoms with E-state index in [-0.39, 0.29) is 0 Å². The largest absolute Gasteiger partial charge is 0.468 e. The second kappa shape index (κ2) is 6.19. The molecule has 0 saturated heterocycles. The van der Waals surface area contributed by atoms with Crippen LogP contribution in [-0.4, -0.2) is 16.9 Å². The molecule has 0 aliphatic rings. The molecular formula is C14H15ClN2OS. The lowest BCUT2D eigenvalue weighted by Gasteiger charge is -2.16. The third-order valence-corrected chi connectivity index (χ3v) is 3.37. The van der Waals surface area contributed by atoms with Gasteiger partial charge in [-0.3, -0.25) is 4.90 Å². The number of benzene rings is 1. The molecule has 0 radical (unpaired) electrons. The number of thiocarbonyl (C=S) groups is 1. The minimum Gasteiger partial charge on any atom is -0.468 e. The van der Waals surface area contributed by atoms with Gasteiger partial charge in [-0.1, -0.05) is 36.0 Å². The second-order valence-electron chi connectivity index (χ2n) is 4.42. The summed E-state index contributed by atoms with van der Waals surface area (Å²) in [4.78, 5) is 2.48. The van der Waals surface area contributed by atoms with E-state index < -0.39 is 0 Å². The Morgan fingerprint density at radius 3 is 2.74 bits per heavy atom. The normalized spacial score (nSPS) is 10.9. The molecule has 0 unspecified atom stereocenters. The fourth-order valence-corrected chi connectivity index (χ4v) is 2.21. The van der Waals surface area contributed by atoms with Crippen LogP contribution in [0.3, 0.4) is 0 Å². The van der Waals surface area contributed by atoms with Crippen molar-refractivity contribution in [3.63, 3.8) is 0 Å². The zero-order valence-corrected chi connectivity index (χ0v) is 12.2. The van der Waals surface area contributed by atoms with Crippen molar-refractivity contribution < 1.29 is 4.42 Å². The van der Waals surface area contributed by atoms with Crippen LogP contribution in [0.1, 0.15) is 16.9 Å². The minimum atomic E-state index is 0.359. The molecule has 0 aliphatic heterocycles. The number of halogens is 1. The molecule has 0 aliphatic carbocycles. The Balaban J connectivity index is 2.04. The zero-order valence-electron chi connectivity index (χ0n) is 10.6. The van der Waals surface area contributed by atoms with Gasteiger partial charge in [0.25, 0.3) is 0 Å². The Morgan fingerprint density at radius 2 is 2.16 bits per heavy atom. The van der Waals surface area contributed by atoms with E-state index in [0.717, 1.165) is 30.0 Å². The van der Waals surface area contributed by atoms with Gasteiger partial charge < -0.3 is 10.2 Å². The highest BCUT2D eigenvalue weighted by molar-refractivity contribution is 7.80. The van der Waals surface area contributed by atoms with Crippen LogP contribution < -0.4 is 5.73 Å². The summed E-state index contributed by atoms with van der Waals surface area (Å²) in [7, 11) is 2.01. The van der Waals surface area contributed by atoms with Crippen LogP contribution in [-0.2, 0) is 13.1 Å². The van der Waals surface area contributed by atoms with Crippen molar-refractivity contribution >= 4 is 28.8 Å². The fraction of sp³-hybridized carbons (Fsp3) is 0.214. The van der Waals surface area contributed by atoms with Gasteiger partial charge in [0.2, 0.25) is 0 Å². The van der Waals surface area contributed by atoms with E-state index in [4.69, 9.17) is 34.0 Å². The highest BCUT2D eigenvalue weighted by Crippen LogP contribution is 2.20. The van der Waals surface area contributed by atoms with E-state index in [1.54, 1.807) is 12.3 Å². The van der Waals surface area contributed by atoms with Crippen LogP contribution >= 0.6 is 23.8 Å². The Labute approximate surface area is 123 Å². The molecule has 0 fully saturated rings. The molecule has 2 aromatic rings. The van der Waals surface area contributed by atoms with Crippen molar-refractivity contribution in [2.24, 2.45) is 5.73 Å². The predicted molar refractivity (Wildman–Crippen MR) is 81.2 cm³/mol. The summed E-state index contributed by atoms with van der Waals surface area (Å²) in [6.45, 7) is 1.47. The first-order chi connectivity index (χ1) is 9.06. The van der Waals surface area contributed by atoms with Gasteiger partial charge in [0.1, 0.15) is 10.7 Å². The molecule has 0 spiro atoms. The summed E-state index contributed by atoms with van der Waals surface area (Å²) in [5, 5.41) is 0.677. The summed E-state index contributed by atoms with van der Waals surface area (Å²) < 4.78 is 5.31. The Bertz CT molecular complexity index is 569. The lowest BCUT2D eigenvalue weighted by molar-refractivity contribution is 0.288. The maximum atomic E-state index is 6.23. The summed E-state index contributed by atoms with van der Waals surface area (Å²) in [5.41, 5.74) is 7.40. The van der Waals surface area contributed by atoms with Gasteiger partial charge in [0.05, 0.1) is 12.8 Å². The SMILES string of the molecule is CN(Cc1ccco1)Cc1ccc(C(N)=S)cc1Cl. The monoisotopic (exact) mass is 294 g/mol. The highest BCUT2D eigenvalue weighted by atomic mass is 35.5. The maximum Gasteiger partial charge on any atom is 0.117 e. The Morgan fingerprint density at radius 1 is 1.37 bits per heavy atom. The molecule has 2 rings (SSSR count). The van der Waals surface area contributed by atoms with Gasteiger partial charge in [-0.15, -0.1) is 0 Å². The molecule has 3 nitrogen and oxygen atoms in total. The first kappa shape index (κ1) is 14.1. The number of hydrogen-bond acceptors (Lipinski definition) is 3. The van der Waals surface area contributed by atoms with Crippen molar-refractivity contribution in [1.29, 1.82) is 0 Å². The summed E-state index contributed by atoms with van der Waals surface area (Å²) in [6.07, 6.45) is 1.67. The molecule has 1 aromatic carbocycles. The minimum absolute atomic E-state index is 0.359. The Kier molecular flexibility index (Phi) is 4.58. The van der Waals surface area contributed by atoms with E-state index >= 15 is 0 Å². The first-order valence-electron chi connectivity index (χ1n) is 5.85. The van der Waals surface area contributed by atoms with Crippen molar-refractivity contribution in [2.75, 3.05) is 7.05 Å². The molecule has 0 bridgehead atoms. The molecule has 0 atom stereocenters. The average Bonchev–Trinajstić information content (AvgIpc) is 2.84. The van der Waals surface area contributed by atoms with Crippen molar-refractivity contribution in [1.82, 2.24) is 4.90 Å².